The number of primary amides is 1. The highest BCUT2D eigenvalue weighted by Gasteiger charge is 2.17. The molecule has 1 aliphatic rings. The fraction of sp³-hybridized carbons (Fsp3) is 0.250. The summed E-state index contributed by atoms with van der Waals surface area (Å²) in [5.41, 5.74) is 15.1. The minimum absolute atomic E-state index is 0.125. The van der Waals surface area contributed by atoms with E-state index in [1.807, 2.05) is 12.1 Å². The summed E-state index contributed by atoms with van der Waals surface area (Å²) in [5, 5.41) is 9.54. The summed E-state index contributed by atoms with van der Waals surface area (Å²) >= 11 is 0. The minimum Gasteiger partial charge on any atom is -0.370 e. The molecule has 7 N–H and O–H groups in total. The van der Waals surface area contributed by atoms with Crippen LogP contribution in [0, 0.1) is 13.8 Å². The van der Waals surface area contributed by atoms with Crippen LogP contribution in [0.15, 0.2) is 53.4 Å². The van der Waals surface area contributed by atoms with Crippen LogP contribution in [0.4, 0.5) is 5.82 Å². The number of aryl methyl sites for hydroxylation is 1. The summed E-state index contributed by atoms with van der Waals surface area (Å²) in [4.78, 5) is 19.7. The molecular formula is C20H25N7O. The molecule has 1 aromatic heterocycles. The number of amides is 1. The van der Waals surface area contributed by atoms with E-state index in [1.165, 1.54) is 17.3 Å². The molecule has 0 aliphatic carbocycles. The van der Waals surface area contributed by atoms with E-state index < -0.39 is 5.91 Å². The zero-order valence-corrected chi connectivity index (χ0v) is 16.0. The molecule has 8 nitrogen and oxygen atoms in total. The molecule has 0 fully saturated rings. The smallest absolute Gasteiger partial charge is 0.250 e. The van der Waals surface area contributed by atoms with Crippen molar-refractivity contribution in [1.82, 2.24) is 15.6 Å². The van der Waals surface area contributed by atoms with Crippen molar-refractivity contribution >= 4 is 17.7 Å². The second-order valence-electron chi connectivity index (χ2n) is 6.60. The van der Waals surface area contributed by atoms with Crippen LogP contribution in [0.25, 0.3) is 0 Å². The Kier molecular flexibility index (Phi) is 5.78. The van der Waals surface area contributed by atoms with Crippen molar-refractivity contribution in [3.63, 3.8) is 0 Å². The number of nitrogens with two attached hydrogens (primary N) is 2. The van der Waals surface area contributed by atoms with Gasteiger partial charge in [-0.2, -0.15) is 0 Å². The molecule has 1 aromatic carbocycles. The molecular weight excluding hydrogens is 354 g/mol. The van der Waals surface area contributed by atoms with Gasteiger partial charge < -0.3 is 27.4 Å². The molecule has 3 rings (SSSR count). The van der Waals surface area contributed by atoms with Gasteiger partial charge >= 0.3 is 0 Å². The molecule has 0 radical (unpaired) electrons. The third-order valence-electron chi connectivity index (χ3n) is 4.63. The molecule has 2 aromatic rings. The third kappa shape index (κ3) is 4.59. The van der Waals surface area contributed by atoms with E-state index in [4.69, 9.17) is 11.5 Å². The largest absolute Gasteiger partial charge is 0.370 e. The molecule has 0 saturated carbocycles. The zero-order chi connectivity index (χ0) is 20.1. The van der Waals surface area contributed by atoms with Gasteiger partial charge in [-0.25, -0.2) is 9.98 Å². The molecule has 0 saturated heterocycles. The predicted octanol–water partition coefficient (Wildman–Crippen LogP) is 1.30. The number of nitrogens with one attached hydrogen (secondary N) is 3. The van der Waals surface area contributed by atoms with Crippen molar-refractivity contribution in [3.05, 3.63) is 70.7 Å². The van der Waals surface area contributed by atoms with Crippen LogP contribution >= 0.6 is 0 Å². The molecule has 8 heteroatoms. The van der Waals surface area contributed by atoms with Gasteiger partial charge in [0.05, 0.1) is 5.56 Å². The lowest BCUT2D eigenvalue weighted by Crippen LogP contribution is -2.40. The van der Waals surface area contributed by atoms with Gasteiger partial charge in [0, 0.05) is 19.3 Å². The molecule has 1 atom stereocenters. The van der Waals surface area contributed by atoms with Crippen molar-refractivity contribution < 1.29 is 4.79 Å². The van der Waals surface area contributed by atoms with Gasteiger partial charge in [0.15, 0.2) is 5.96 Å². The fourth-order valence-corrected chi connectivity index (χ4v) is 2.95. The third-order valence-corrected chi connectivity index (χ3v) is 4.63. The zero-order valence-electron chi connectivity index (χ0n) is 16.0. The monoisotopic (exact) mass is 379 g/mol. The topological polar surface area (TPSA) is 130 Å². The molecule has 28 heavy (non-hydrogen) atoms. The lowest BCUT2D eigenvalue weighted by molar-refractivity contribution is 0.1000. The van der Waals surface area contributed by atoms with Gasteiger partial charge in [-0.1, -0.05) is 18.2 Å². The normalized spacial score (nSPS) is 15.9. The van der Waals surface area contributed by atoms with Gasteiger partial charge in [0.25, 0.3) is 0 Å². The number of hydrogen-bond acceptors (Lipinski definition) is 7. The lowest BCUT2D eigenvalue weighted by atomic mass is 9.97. The number of anilines is 1. The van der Waals surface area contributed by atoms with Gasteiger partial charge in [0.2, 0.25) is 5.91 Å². The number of aromatic nitrogens is 1. The summed E-state index contributed by atoms with van der Waals surface area (Å²) in [6, 6.07) is 9.44. The van der Waals surface area contributed by atoms with Gasteiger partial charge in [-0.3, -0.25) is 4.79 Å². The summed E-state index contributed by atoms with van der Waals surface area (Å²) in [7, 11) is 0. The van der Waals surface area contributed by atoms with Crippen molar-refractivity contribution in [2.75, 3.05) is 18.4 Å². The molecule has 1 unspecified atom stereocenters. The average molecular weight is 379 g/mol. The van der Waals surface area contributed by atoms with Gasteiger partial charge in [0.1, 0.15) is 17.7 Å². The van der Waals surface area contributed by atoms with Crippen LogP contribution in [0.1, 0.15) is 33.1 Å². The van der Waals surface area contributed by atoms with E-state index in [9.17, 15) is 4.79 Å². The lowest BCUT2D eigenvalue weighted by Gasteiger charge is -2.23. The number of carbonyl (C=O) groups is 1. The van der Waals surface area contributed by atoms with Crippen LogP contribution in [-0.2, 0) is 0 Å². The van der Waals surface area contributed by atoms with Crippen LogP contribution in [-0.4, -0.2) is 29.9 Å². The Balaban J connectivity index is 1.57. The Hall–Kier alpha value is -3.55. The van der Waals surface area contributed by atoms with Crippen molar-refractivity contribution in [1.29, 1.82) is 0 Å². The number of benzene rings is 1. The SMILES string of the molecule is Cc1cccc(C2C=C(NCCNc3ccc(C(N)=O)cn3)NC(N)=N2)c1C. The highest BCUT2D eigenvalue weighted by Crippen LogP contribution is 2.26. The second kappa shape index (κ2) is 8.43. The highest BCUT2D eigenvalue weighted by molar-refractivity contribution is 5.92. The Morgan fingerprint density at radius 2 is 1.96 bits per heavy atom. The Labute approximate surface area is 164 Å². The minimum atomic E-state index is -0.492. The number of hydrogen-bond donors (Lipinski definition) is 5. The molecule has 146 valence electrons. The maximum Gasteiger partial charge on any atom is 0.250 e. The standard InChI is InChI=1S/C20H25N7O/c1-12-4-3-5-15(13(12)2)16-10-18(27-20(22)26-16)24-9-8-23-17-7-6-14(11-25-17)19(21)28/h3-7,10-11,16,24H,8-9H2,1-2H3,(H2,21,28)(H,23,25)(H3,22,26,27). The Bertz CT molecular complexity index is 919. The molecule has 1 aliphatic heterocycles. The summed E-state index contributed by atoms with van der Waals surface area (Å²) in [6.07, 6.45) is 3.48. The first-order valence-electron chi connectivity index (χ1n) is 9.06. The molecule has 2 heterocycles. The maximum atomic E-state index is 11.1. The van der Waals surface area contributed by atoms with Gasteiger partial charge in [-0.05, 0) is 48.7 Å². The average Bonchev–Trinajstić information content (AvgIpc) is 2.67. The first-order chi connectivity index (χ1) is 13.4. The molecule has 0 bridgehead atoms. The van der Waals surface area contributed by atoms with Crippen molar-refractivity contribution in [2.24, 2.45) is 16.5 Å². The first-order valence-corrected chi connectivity index (χ1v) is 9.06. The summed E-state index contributed by atoms with van der Waals surface area (Å²) in [6.45, 7) is 5.46. The van der Waals surface area contributed by atoms with E-state index in [0.29, 0.717) is 30.4 Å². The number of pyridine rings is 1. The van der Waals surface area contributed by atoms with Crippen LogP contribution < -0.4 is 27.4 Å². The van der Waals surface area contributed by atoms with Gasteiger partial charge in [-0.15, -0.1) is 0 Å². The van der Waals surface area contributed by atoms with Crippen molar-refractivity contribution in [2.45, 2.75) is 19.9 Å². The number of nitrogens with zero attached hydrogens (tertiary/aromatic N) is 2. The Morgan fingerprint density at radius 3 is 2.68 bits per heavy atom. The molecule has 1 amide bonds. The number of carbonyl (C=O) groups excluding carboxylic acids is 1. The summed E-state index contributed by atoms with van der Waals surface area (Å²) in [5.74, 6) is 1.38. The maximum absolute atomic E-state index is 11.1. The number of aliphatic imine (C=N–C) groups is 1. The van der Waals surface area contributed by atoms with E-state index >= 15 is 0 Å². The predicted molar refractivity (Wildman–Crippen MR) is 111 cm³/mol. The number of guanidine groups is 1. The second-order valence-corrected chi connectivity index (χ2v) is 6.60. The number of rotatable bonds is 7. The quantitative estimate of drug-likeness (QED) is 0.461. The fourth-order valence-electron chi connectivity index (χ4n) is 2.95. The molecule has 0 spiro atoms. The van der Waals surface area contributed by atoms with E-state index in [0.717, 1.165) is 11.4 Å². The van der Waals surface area contributed by atoms with E-state index in [-0.39, 0.29) is 6.04 Å². The van der Waals surface area contributed by atoms with E-state index in [2.05, 4.69) is 51.9 Å². The Morgan fingerprint density at radius 1 is 1.18 bits per heavy atom. The summed E-state index contributed by atoms with van der Waals surface area (Å²) < 4.78 is 0. The van der Waals surface area contributed by atoms with Crippen LogP contribution in [0.2, 0.25) is 0 Å². The van der Waals surface area contributed by atoms with Crippen LogP contribution in [0.5, 0.6) is 0 Å². The van der Waals surface area contributed by atoms with Crippen LogP contribution in [0.3, 0.4) is 0 Å². The first kappa shape index (κ1) is 19.2. The van der Waals surface area contributed by atoms with Crippen molar-refractivity contribution in [3.8, 4) is 0 Å². The van der Waals surface area contributed by atoms with E-state index in [1.54, 1.807) is 12.1 Å². The highest BCUT2D eigenvalue weighted by atomic mass is 16.1.